The molecule has 0 atom stereocenters. The van der Waals surface area contributed by atoms with Crippen LogP contribution in [0.4, 0.5) is 5.69 Å². The molecule has 21 heavy (non-hydrogen) atoms. The first-order valence-electron chi connectivity index (χ1n) is 6.27. The van der Waals surface area contributed by atoms with Crippen LogP contribution >= 0.6 is 0 Å². The minimum Gasteiger partial charge on any atom is -0.508 e. The van der Waals surface area contributed by atoms with Gasteiger partial charge in [-0.05, 0) is 42.5 Å². The Morgan fingerprint density at radius 1 is 1.05 bits per heavy atom. The van der Waals surface area contributed by atoms with E-state index in [1.165, 1.54) is 12.1 Å². The number of pyridine rings is 1. The third-order valence-corrected chi connectivity index (χ3v) is 3.25. The highest BCUT2D eigenvalue weighted by atomic mass is 16.4. The number of phenolic OH excluding ortho intramolecular Hbond substituents is 1. The van der Waals surface area contributed by atoms with Gasteiger partial charge in [0.1, 0.15) is 5.75 Å². The molecule has 4 N–H and O–H groups in total. The van der Waals surface area contributed by atoms with Crippen molar-refractivity contribution in [3.8, 4) is 17.0 Å². The number of anilines is 1. The molecule has 1 aromatic heterocycles. The van der Waals surface area contributed by atoms with Gasteiger partial charge < -0.3 is 15.9 Å². The highest BCUT2D eigenvalue weighted by Gasteiger charge is 2.09. The Bertz CT molecular complexity index is 859. The zero-order valence-corrected chi connectivity index (χ0v) is 10.9. The summed E-state index contributed by atoms with van der Waals surface area (Å²) in [6, 6.07) is 13.1. The summed E-state index contributed by atoms with van der Waals surface area (Å²) in [6.07, 6.45) is 0. The highest BCUT2D eigenvalue weighted by Crippen LogP contribution is 2.28. The molecule has 5 nitrogen and oxygen atoms in total. The van der Waals surface area contributed by atoms with E-state index in [0.717, 1.165) is 10.9 Å². The Morgan fingerprint density at radius 3 is 2.57 bits per heavy atom. The monoisotopic (exact) mass is 280 g/mol. The Hall–Kier alpha value is -3.08. The van der Waals surface area contributed by atoms with Gasteiger partial charge in [-0.2, -0.15) is 0 Å². The van der Waals surface area contributed by atoms with Crippen LogP contribution in [0.5, 0.6) is 5.75 Å². The summed E-state index contributed by atoms with van der Waals surface area (Å²) in [6.45, 7) is 0. The number of hydrogen-bond donors (Lipinski definition) is 3. The summed E-state index contributed by atoms with van der Waals surface area (Å²) < 4.78 is 0. The van der Waals surface area contributed by atoms with Gasteiger partial charge in [-0.1, -0.05) is 6.07 Å². The molecule has 0 amide bonds. The van der Waals surface area contributed by atoms with Gasteiger partial charge in [0.15, 0.2) is 0 Å². The summed E-state index contributed by atoms with van der Waals surface area (Å²) >= 11 is 0. The van der Waals surface area contributed by atoms with Crippen molar-refractivity contribution in [2.45, 2.75) is 0 Å². The van der Waals surface area contributed by atoms with Crippen molar-refractivity contribution in [1.82, 2.24) is 4.98 Å². The van der Waals surface area contributed by atoms with E-state index >= 15 is 0 Å². The van der Waals surface area contributed by atoms with Crippen molar-refractivity contribution in [2.24, 2.45) is 0 Å². The number of carboxylic acid groups (broad SMARTS) is 1. The number of nitrogens with zero attached hydrogens (tertiary/aromatic N) is 1. The van der Waals surface area contributed by atoms with Crippen LogP contribution < -0.4 is 5.73 Å². The number of hydrogen-bond acceptors (Lipinski definition) is 4. The number of benzene rings is 2. The number of nitrogen functional groups attached to an aromatic ring is 1. The average Bonchev–Trinajstić information content (AvgIpc) is 2.46. The van der Waals surface area contributed by atoms with Crippen molar-refractivity contribution in [3.63, 3.8) is 0 Å². The average molecular weight is 280 g/mol. The van der Waals surface area contributed by atoms with Crippen LogP contribution in [0.1, 0.15) is 10.4 Å². The lowest BCUT2D eigenvalue weighted by atomic mass is 10.0. The van der Waals surface area contributed by atoms with Gasteiger partial charge in [0, 0.05) is 16.6 Å². The normalized spacial score (nSPS) is 10.7. The van der Waals surface area contributed by atoms with Crippen LogP contribution in [0.15, 0.2) is 48.5 Å². The Labute approximate surface area is 120 Å². The number of rotatable bonds is 2. The summed E-state index contributed by atoms with van der Waals surface area (Å²) in [4.78, 5) is 15.4. The van der Waals surface area contributed by atoms with E-state index in [2.05, 4.69) is 4.98 Å². The Morgan fingerprint density at radius 2 is 1.86 bits per heavy atom. The molecule has 0 unspecified atom stereocenters. The van der Waals surface area contributed by atoms with Gasteiger partial charge in [0.05, 0.1) is 16.8 Å². The molecule has 0 saturated heterocycles. The van der Waals surface area contributed by atoms with Crippen LogP contribution in [-0.2, 0) is 0 Å². The van der Waals surface area contributed by atoms with E-state index in [1.54, 1.807) is 30.3 Å². The molecule has 104 valence electrons. The van der Waals surface area contributed by atoms with Crippen LogP contribution in [0.25, 0.3) is 22.2 Å². The summed E-state index contributed by atoms with van der Waals surface area (Å²) in [7, 11) is 0. The van der Waals surface area contributed by atoms with Crippen LogP contribution in [0.2, 0.25) is 0 Å². The molecule has 0 spiro atoms. The van der Waals surface area contributed by atoms with Crippen LogP contribution in [0, 0.1) is 0 Å². The molecule has 2 aromatic carbocycles. The van der Waals surface area contributed by atoms with Crippen molar-refractivity contribution >= 4 is 22.6 Å². The number of aromatic carboxylic acids is 1. The zero-order chi connectivity index (χ0) is 15.0. The first-order chi connectivity index (χ1) is 10.0. The fourth-order valence-electron chi connectivity index (χ4n) is 2.19. The zero-order valence-electron chi connectivity index (χ0n) is 10.9. The van der Waals surface area contributed by atoms with Crippen molar-refractivity contribution in [3.05, 3.63) is 54.1 Å². The number of carbonyl (C=O) groups is 1. The van der Waals surface area contributed by atoms with Gasteiger partial charge in [0.2, 0.25) is 0 Å². The number of aromatic hydroxyl groups is 1. The first-order valence-corrected chi connectivity index (χ1v) is 6.27. The summed E-state index contributed by atoms with van der Waals surface area (Å²) in [5, 5.41) is 19.2. The maximum Gasteiger partial charge on any atom is 0.335 e. The fourth-order valence-corrected chi connectivity index (χ4v) is 2.19. The lowest BCUT2D eigenvalue weighted by Crippen LogP contribution is -1.99. The molecule has 0 aliphatic carbocycles. The topological polar surface area (TPSA) is 96.4 Å². The van der Waals surface area contributed by atoms with E-state index in [1.807, 2.05) is 6.07 Å². The minimum absolute atomic E-state index is 0.141. The standard InChI is InChI=1S/C16H12N2O3/c17-13-8-10(16(20)21)1-4-12(13)15-5-2-9-7-11(19)3-6-14(9)18-15/h1-8,19H,17H2,(H,20,21). The molecule has 1 heterocycles. The van der Waals surface area contributed by atoms with Crippen molar-refractivity contribution in [1.29, 1.82) is 0 Å². The van der Waals surface area contributed by atoms with Crippen LogP contribution in [0.3, 0.4) is 0 Å². The summed E-state index contributed by atoms with van der Waals surface area (Å²) in [5.41, 5.74) is 8.48. The Balaban J connectivity index is 2.12. The lowest BCUT2D eigenvalue weighted by molar-refractivity contribution is 0.0697. The SMILES string of the molecule is Nc1cc(C(=O)O)ccc1-c1ccc2cc(O)ccc2n1. The molecular weight excluding hydrogens is 268 g/mol. The molecule has 3 aromatic rings. The van der Waals surface area contributed by atoms with Gasteiger partial charge in [-0.15, -0.1) is 0 Å². The van der Waals surface area contributed by atoms with E-state index in [4.69, 9.17) is 10.8 Å². The predicted molar refractivity (Wildman–Crippen MR) is 80.2 cm³/mol. The molecule has 0 saturated carbocycles. The summed E-state index contributed by atoms with van der Waals surface area (Å²) in [5.74, 6) is -0.836. The van der Waals surface area contributed by atoms with E-state index in [0.29, 0.717) is 16.9 Å². The largest absolute Gasteiger partial charge is 0.508 e. The maximum absolute atomic E-state index is 10.9. The number of aromatic nitrogens is 1. The van der Waals surface area contributed by atoms with Crippen molar-refractivity contribution in [2.75, 3.05) is 5.73 Å². The number of carboxylic acids is 1. The third kappa shape index (κ3) is 2.36. The predicted octanol–water partition coefficient (Wildman–Crippen LogP) is 2.89. The smallest absolute Gasteiger partial charge is 0.335 e. The Kier molecular flexibility index (Phi) is 2.95. The lowest BCUT2D eigenvalue weighted by Gasteiger charge is -2.07. The maximum atomic E-state index is 10.9. The quantitative estimate of drug-likeness (QED) is 0.627. The first kappa shape index (κ1) is 12.9. The second kappa shape index (κ2) is 4.79. The molecular formula is C16H12N2O3. The van der Waals surface area contributed by atoms with Gasteiger partial charge in [-0.3, -0.25) is 0 Å². The van der Waals surface area contributed by atoms with Gasteiger partial charge in [-0.25, -0.2) is 9.78 Å². The second-order valence-electron chi connectivity index (χ2n) is 4.68. The number of phenols is 1. The van der Waals surface area contributed by atoms with E-state index < -0.39 is 5.97 Å². The van der Waals surface area contributed by atoms with Crippen molar-refractivity contribution < 1.29 is 15.0 Å². The van der Waals surface area contributed by atoms with Gasteiger partial charge >= 0.3 is 5.97 Å². The number of nitrogens with two attached hydrogens (primary N) is 1. The second-order valence-corrected chi connectivity index (χ2v) is 4.68. The molecule has 5 heteroatoms. The molecule has 0 fully saturated rings. The molecule has 0 radical (unpaired) electrons. The molecule has 0 aliphatic rings. The minimum atomic E-state index is -1.02. The molecule has 3 rings (SSSR count). The van der Waals surface area contributed by atoms with E-state index in [9.17, 15) is 9.90 Å². The van der Waals surface area contributed by atoms with Crippen LogP contribution in [-0.4, -0.2) is 21.2 Å². The van der Waals surface area contributed by atoms with Gasteiger partial charge in [0.25, 0.3) is 0 Å². The van der Waals surface area contributed by atoms with E-state index in [-0.39, 0.29) is 11.3 Å². The highest BCUT2D eigenvalue weighted by molar-refractivity contribution is 5.91. The number of fused-ring (bicyclic) bond motifs is 1. The fraction of sp³-hybridized carbons (Fsp3) is 0. The molecule has 0 bridgehead atoms. The third-order valence-electron chi connectivity index (χ3n) is 3.25. The molecule has 0 aliphatic heterocycles.